The molecule has 5 nitrogen and oxygen atoms in total. The molecule has 0 unspecified atom stereocenters. The number of aromatic nitrogens is 2. The van der Waals surface area contributed by atoms with Crippen molar-refractivity contribution >= 4 is 5.97 Å². The van der Waals surface area contributed by atoms with Gasteiger partial charge in [0, 0.05) is 12.6 Å². The second-order valence-corrected chi connectivity index (χ2v) is 4.52. The monoisotopic (exact) mass is 278 g/mol. The van der Waals surface area contributed by atoms with Crippen molar-refractivity contribution in [2.24, 2.45) is 7.05 Å². The lowest BCUT2D eigenvalue weighted by Gasteiger charge is -2.08. The molecular formula is C14H15FN2O3. The summed E-state index contributed by atoms with van der Waals surface area (Å²) in [4.78, 5) is 10.9. The summed E-state index contributed by atoms with van der Waals surface area (Å²) < 4.78 is 20.9. The van der Waals surface area contributed by atoms with Crippen molar-refractivity contribution in [3.8, 4) is 5.75 Å². The fraction of sp³-hybridized carbons (Fsp3) is 0.286. The zero-order valence-electron chi connectivity index (χ0n) is 11.5. The average Bonchev–Trinajstić information content (AvgIpc) is 2.63. The fourth-order valence-corrected chi connectivity index (χ4v) is 1.93. The third kappa shape index (κ3) is 2.64. The number of hydrogen-bond donors (Lipinski definition) is 1. The molecule has 0 fully saturated rings. The predicted molar refractivity (Wildman–Crippen MR) is 70.4 cm³/mol. The first kappa shape index (κ1) is 14.0. The first-order chi connectivity index (χ1) is 9.40. The van der Waals surface area contributed by atoms with Gasteiger partial charge >= 0.3 is 5.97 Å². The zero-order valence-corrected chi connectivity index (χ0v) is 11.5. The van der Waals surface area contributed by atoms with Crippen LogP contribution in [0.1, 0.15) is 27.3 Å². The highest BCUT2D eigenvalue weighted by Gasteiger charge is 2.13. The highest BCUT2D eigenvalue weighted by atomic mass is 19.1. The minimum absolute atomic E-state index is 0.0321. The molecule has 6 heteroatoms. The Kier molecular flexibility index (Phi) is 3.74. The van der Waals surface area contributed by atoms with Crippen molar-refractivity contribution in [2.75, 3.05) is 0 Å². The van der Waals surface area contributed by atoms with Gasteiger partial charge in [-0.3, -0.25) is 4.68 Å². The molecule has 0 radical (unpaired) electrons. The molecule has 0 aliphatic rings. The van der Waals surface area contributed by atoms with Gasteiger partial charge in [0.2, 0.25) is 0 Å². The van der Waals surface area contributed by atoms with Gasteiger partial charge in [-0.2, -0.15) is 5.10 Å². The molecule has 0 saturated carbocycles. The van der Waals surface area contributed by atoms with Gasteiger partial charge in [0.05, 0.1) is 11.3 Å². The molecule has 0 bridgehead atoms. The van der Waals surface area contributed by atoms with Crippen LogP contribution in [0.5, 0.6) is 5.75 Å². The highest BCUT2D eigenvalue weighted by molar-refractivity contribution is 5.87. The van der Waals surface area contributed by atoms with Crippen molar-refractivity contribution in [1.82, 2.24) is 9.78 Å². The summed E-state index contributed by atoms with van der Waals surface area (Å²) >= 11 is 0. The molecule has 1 aromatic heterocycles. The van der Waals surface area contributed by atoms with Crippen LogP contribution in [0.25, 0.3) is 0 Å². The number of hydrogen-bond acceptors (Lipinski definition) is 3. The Hall–Kier alpha value is -2.37. The number of benzene rings is 1. The lowest BCUT2D eigenvalue weighted by atomic mass is 10.1. The minimum atomic E-state index is -1.10. The normalized spacial score (nSPS) is 10.6. The fourth-order valence-electron chi connectivity index (χ4n) is 1.93. The summed E-state index contributed by atoms with van der Waals surface area (Å²) in [6.07, 6.45) is 0. The summed E-state index contributed by atoms with van der Waals surface area (Å²) in [6.45, 7) is 3.60. The van der Waals surface area contributed by atoms with E-state index in [9.17, 15) is 9.18 Å². The van der Waals surface area contributed by atoms with E-state index in [2.05, 4.69) is 5.10 Å². The van der Waals surface area contributed by atoms with E-state index in [4.69, 9.17) is 9.84 Å². The molecule has 0 saturated heterocycles. The van der Waals surface area contributed by atoms with Crippen LogP contribution in [0.15, 0.2) is 18.2 Å². The predicted octanol–water partition coefficient (Wildman–Crippen LogP) is 2.45. The van der Waals surface area contributed by atoms with E-state index in [0.29, 0.717) is 11.4 Å². The molecule has 1 heterocycles. The largest absolute Gasteiger partial charge is 0.485 e. The van der Waals surface area contributed by atoms with Crippen LogP contribution in [0.3, 0.4) is 0 Å². The smallest absolute Gasteiger partial charge is 0.335 e. The standard InChI is InChI=1S/C14H15FN2O3/c1-8-13(9(2)17(3)16-8)20-7-11-6-10(14(18)19)4-5-12(11)15/h4-6H,7H2,1-3H3,(H,18,19). The number of aryl methyl sites for hydroxylation is 2. The Morgan fingerprint density at radius 1 is 1.45 bits per heavy atom. The van der Waals surface area contributed by atoms with Gasteiger partial charge in [0.25, 0.3) is 0 Å². The second-order valence-electron chi connectivity index (χ2n) is 4.52. The summed E-state index contributed by atoms with van der Waals surface area (Å²) in [5.41, 5.74) is 1.77. The number of carbonyl (C=O) groups is 1. The summed E-state index contributed by atoms with van der Waals surface area (Å²) in [5.74, 6) is -0.998. The Morgan fingerprint density at radius 3 is 2.70 bits per heavy atom. The molecule has 106 valence electrons. The second kappa shape index (κ2) is 5.32. The van der Waals surface area contributed by atoms with Crippen LogP contribution in [-0.2, 0) is 13.7 Å². The van der Waals surface area contributed by atoms with Gasteiger partial charge in [-0.05, 0) is 32.0 Å². The molecule has 0 atom stereocenters. The van der Waals surface area contributed by atoms with Gasteiger partial charge in [0.15, 0.2) is 5.75 Å². The number of ether oxygens (including phenoxy) is 1. The van der Waals surface area contributed by atoms with Crippen LogP contribution in [0.2, 0.25) is 0 Å². The zero-order chi connectivity index (χ0) is 14.9. The molecule has 0 aliphatic carbocycles. The van der Waals surface area contributed by atoms with E-state index < -0.39 is 11.8 Å². The van der Waals surface area contributed by atoms with E-state index >= 15 is 0 Å². The van der Waals surface area contributed by atoms with Crippen LogP contribution in [-0.4, -0.2) is 20.9 Å². The first-order valence-electron chi connectivity index (χ1n) is 6.05. The van der Waals surface area contributed by atoms with Crippen molar-refractivity contribution in [1.29, 1.82) is 0 Å². The third-order valence-corrected chi connectivity index (χ3v) is 3.11. The average molecular weight is 278 g/mol. The summed E-state index contributed by atoms with van der Waals surface area (Å²) in [6, 6.07) is 3.63. The van der Waals surface area contributed by atoms with Crippen molar-refractivity contribution in [3.63, 3.8) is 0 Å². The van der Waals surface area contributed by atoms with Crippen molar-refractivity contribution in [3.05, 3.63) is 46.5 Å². The minimum Gasteiger partial charge on any atom is -0.485 e. The number of halogens is 1. The van der Waals surface area contributed by atoms with Gasteiger partial charge < -0.3 is 9.84 Å². The maximum absolute atomic E-state index is 13.6. The molecule has 0 amide bonds. The Labute approximate surface area is 115 Å². The number of nitrogens with zero attached hydrogens (tertiary/aromatic N) is 2. The molecule has 1 N–H and O–H groups in total. The van der Waals surface area contributed by atoms with Crippen LogP contribution in [0, 0.1) is 19.7 Å². The molecular weight excluding hydrogens is 263 g/mol. The topological polar surface area (TPSA) is 64.4 Å². The van der Waals surface area contributed by atoms with E-state index in [1.807, 2.05) is 6.92 Å². The number of aromatic carboxylic acids is 1. The van der Waals surface area contributed by atoms with Gasteiger partial charge in [-0.25, -0.2) is 9.18 Å². The van der Waals surface area contributed by atoms with E-state index in [-0.39, 0.29) is 17.7 Å². The molecule has 2 rings (SSSR count). The molecule has 0 spiro atoms. The van der Waals surface area contributed by atoms with Crippen molar-refractivity contribution in [2.45, 2.75) is 20.5 Å². The molecule has 2 aromatic rings. The number of carboxylic acids is 1. The molecule has 0 aliphatic heterocycles. The van der Waals surface area contributed by atoms with Crippen LogP contribution in [0.4, 0.5) is 4.39 Å². The Balaban J connectivity index is 2.22. The van der Waals surface area contributed by atoms with Crippen LogP contribution < -0.4 is 4.74 Å². The van der Waals surface area contributed by atoms with Gasteiger partial charge in [-0.1, -0.05) is 0 Å². The number of rotatable bonds is 4. The SMILES string of the molecule is Cc1nn(C)c(C)c1OCc1cc(C(=O)O)ccc1F. The highest BCUT2D eigenvalue weighted by Crippen LogP contribution is 2.23. The third-order valence-electron chi connectivity index (χ3n) is 3.11. The summed E-state index contributed by atoms with van der Waals surface area (Å²) in [5, 5.41) is 13.1. The lowest BCUT2D eigenvalue weighted by Crippen LogP contribution is -2.04. The lowest BCUT2D eigenvalue weighted by molar-refractivity contribution is 0.0696. The first-order valence-corrected chi connectivity index (χ1v) is 6.05. The number of carboxylic acid groups (broad SMARTS) is 1. The van der Waals surface area contributed by atoms with E-state index in [1.54, 1.807) is 18.7 Å². The van der Waals surface area contributed by atoms with Crippen LogP contribution >= 0.6 is 0 Å². The molecule has 1 aromatic carbocycles. The maximum atomic E-state index is 13.6. The van der Waals surface area contributed by atoms with Gasteiger partial charge in [0.1, 0.15) is 18.1 Å². The van der Waals surface area contributed by atoms with Gasteiger partial charge in [-0.15, -0.1) is 0 Å². The van der Waals surface area contributed by atoms with E-state index in [1.165, 1.54) is 12.1 Å². The molecule has 20 heavy (non-hydrogen) atoms. The van der Waals surface area contributed by atoms with Crippen molar-refractivity contribution < 1.29 is 19.0 Å². The summed E-state index contributed by atoms with van der Waals surface area (Å²) in [7, 11) is 1.79. The quantitative estimate of drug-likeness (QED) is 0.933. The maximum Gasteiger partial charge on any atom is 0.335 e. The van der Waals surface area contributed by atoms with E-state index in [0.717, 1.165) is 11.8 Å². The Morgan fingerprint density at radius 2 is 2.15 bits per heavy atom. The Bertz CT molecular complexity index is 665.